The van der Waals surface area contributed by atoms with Crippen LogP contribution in [0.25, 0.3) is 0 Å². The average Bonchev–Trinajstić information content (AvgIpc) is 2.57. The monoisotopic (exact) mass is 230 g/mol. The van der Waals surface area contributed by atoms with Gasteiger partial charge >= 0.3 is 0 Å². The van der Waals surface area contributed by atoms with Gasteiger partial charge in [-0.1, -0.05) is 18.2 Å². The van der Waals surface area contributed by atoms with Gasteiger partial charge in [0.25, 0.3) is 0 Å². The minimum absolute atomic E-state index is 0.0537. The second-order valence-corrected chi connectivity index (χ2v) is 4.99. The number of fused-ring (bicyclic) bond motifs is 3. The predicted molar refractivity (Wildman–Crippen MR) is 63.4 cm³/mol. The van der Waals surface area contributed by atoms with Crippen LogP contribution in [-0.2, 0) is 15.1 Å². The first-order valence-electron chi connectivity index (χ1n) is 5.74. The maximum atomic E-state index is 12.0. The van der Waals surface area contributed by atoms with Crippen molar-refractivity contribution < 1.29 is 9.59 Å². The molecule has 1 saturated heterocycles. The van der Waals surface area contributed by atoms with Gasteiger partial charge in [-0.05, 0) is 19.4 Å². The van der Waals surface area contributed by atoms with Crippen molar-refractivity contribution in [2.45, 2.75) is 25.8 Å². The smallest absolute Gasteiger partial charge is 0.230 e. The summed E-state index contributed by atoms with van der Waals surface area (Å²) in [5, 5.41) is 5.86. The summed E-state index contributed by atoms with van der Waals surface area (Å²) in [6.07, 6.45) is 0.274. The fourth-order valence-electron chi connectivity index (χ4n) is 2.90. The molecule has 0 aliphatic carbocycles. The Morgan fingerprint density at radius 1 is 1.35 bits per heavy atom. The Hall–Kier alpha value is -1.84. The van der Waals surface area contributed by atoms with Gasteiger partial charge in [0.1, 0.15) is 0 Å². The summed E-state index contributed by atoms with van der Waals surface area (Å²) in [5.41, 5.74) is 2.32. The summed E-state index contributed by atoms with van der Waals surface area (Å²) < 4.78 is 0. The van der Waals surface area contributed by atoms with Gasteiger partial charge in [-0.25, -0.2) is 0 Å². The molecule has 1 fully saturated rings. The van der Waals surface area contributed by atoms with E-state index in [9.17, 15) is 9.59 Å². The Balaban J connectivity index is 2.24. The maximum absolute atomic E-state index is 12.0. The highest BCUT2D eigenvalue weighted by atomic mass is 16.2. The lowest BCUT2D eigenvalue weighted by molar-refractivity contribution is -0.123. The number of benzene rings is 1. The average molecular weight is 230 g/mol. The van der Waals surface area contributed by atoms with Crippen molar-refractivity contribution in [3.63, 3.8) is 0 Å². The van der Waals surface area contributed by atoms with Gasteiger partial charge < -0.3 is 10.6 Å². The van der Waals surface area contributed by atoms with E-state index in [-0.39, 0.29) is 24.2 Å². The second-order valence-electron chi connectivity index (χ2n) is 4.99. The lowest BCUT2D eigenvalue weighted by Crippen LogP contribution is -2.48. The Kier molecular flexibility index (Phi) is 1.88. The molecule has 4 heteroatoms. The molecule has 1 aromatic rings. The lowest BCUT2D eigenvalue weighted by Gasteiger charge is -2.37. The van der Waals surface area contributed by atoms with Gasteiger partial charge in [0.2, 0.25) is 11.8 Å². The standard InChI is InChI=1S/C13H14N2O2/c1-7-4-3-5-8-11(7)14-12(17)9-6-10(16)15-13(8,9)2/h3-5,9H,6H2,1-2H3,(H,14,17)(H,15,16)/t9-,13+/m0/s1. The molecule has 4 nitrogen and oxygen atoms in total. The Labute approximate surface area is 99.4 Å². The van der Waals surface area contributed by atoms with Crippen LogP contribution in [0.2, 0.25) is 0 Å². The van der Waals surface area contributed by atoms with Crippen molar-refractivity contribution in [3.8, 4) is 0 Å². The molecule has 88 valence electrons. The van der Waals surface area contributed by atoms with Crippen molar-refractivity contribution in [1.29, 1.82) is 0 Å². The van der Waals surface area contributed by atoms with E-state index >= 15 is 0 Å². The van der Waals surface area contributed by atoms with Crippen LogP contribution in [0.3, 0.4) is 0 Å². The molecule has 17 heavy (non-hydrogen) atoms. The molecule has 0 aromatic heterocycles. The quantitative estimate of drug-likeness (QED) is 0.705. The number of aryl methyl sites for hydroxylation is 1. The van der Waals surface area contributed by atoms with Crippen molar-refractivity contribution in [1.82, 2.24) is 5.32 Å². The van der Waals surface area contributed by atoms with Crippen LogP contribution >= 0.6 is 0 Å². The first kappa shape index (κ1) is 10.3. The van der Waals surface area contributed by atoms with Crippen LogP contribution in [0, 0.1) is 12.8 Å². The summed E-state index contributed by atoms with van der Waals surface area (Å²) >= 11 is 0. The third-order valence-corrected chi connectivity index (χ3v) is 3.88. The maximum Gasteiger partial charge on any atom is 0.230 e. The largest absolute Gasteiger partial charge is 0.346 e. The van der Waals surface area contributed by atoms with Gasteiger partial charge in [0, 0.05) is 17.7 Å². The summed E-state index contributed by atoms with van der Waals surface area (Å²) in [5.74, 6) is -0.418. The van der Waals surface area contributed by atoms with E-state index in [1.54, 1.807) is 0 Å². The zero-order valence-electron chi connectivity index (χ0n) is 9.83. The summed E-state index contributed by atoms with van der Waals surface area (Å²) in [6, 6.07) is 5.89. The minimum atomic E-state index is -0.555. The SMILES string of the molecule is Cc1cccc2c1NC(=O)[C@@H]1CC(=O)N[C@]21C. The van der Waals surface area contributed by atoms with Gasteiger partial charge in [-0.3, -0.25) is 9.59 Å². The first-order valence-corrected chi connectivity index (χ1v) is 5.74. The third kappa shape index (κ3) is 1.24. The zero-order chi connectivity index (χ0) is 12.2. The normalized spacial score (nSPS) is 30.4. The molecular formula is C13H14N2O2. The molecule has 1 aromatic carbocycles. The predicted octanol–water partition coefficient (Wildman–Crippen LogP) is 1.30. The number of nitrogens with one attached hydrogen (secondary N) is 2. The molecular weight excluding hydrogens is 216 g/mol. The van der Waals surface area contributed by atoms with Crippen LogP contribution in [0.5, 0.6) is 0 Å². The number of para-hydroxylation sites is 1. The molecule has 0 unspecified atom stereocenters. The third-order valence-electron chi connectivity index (χ3n) is 3.88. The van der Waals surface area contributed by atoms with Gasteiger partial charge in [-0.2, -0.15) is 0 Å². The van der Waals surface area contributed by atoms with Crippen LogP contribution in [0.15, 0.2) is 18.2 Å². The van der Waals surface area contributed by atoms with Crippen LogP contribution < -0.4 is 10.6 Å². The summed E-state index contributed by atoms with van der Waals surface area (Å²) in [6.45, 7) is 3.89. The van der Waals surface area contributed by atoms with Gasteiger partial charge in [0.15, 0.2) is 0 Å². The number of hydrogen-bond donors (Lipinski definition) is 2. The number of rotatable bonds is 0. The highest BCUT2D eigenvalue weighted by Crippen LogP contribution is 2.44. The Bertz CT molecular complexity index is 538. The fraction of sp³-hybridized carbons (Fsp3) is 0.385. The van der Waals surface area contributed by atoms with E-state index in [1.165, 1.54) is 0 Å². The van der Waals surface area contributed by atoms with E-state index in [0.29, 0.717) is 0 Å². The Morgan fingerprint density at radius 3 is 2.88 bits per heavy atom. The van der Waals surface area contributed by atoms with Gasteiger partial charge in [0.05, 0.1) is 11.5 Å². The molecule has 2 heterocycles. The second kappa shape index (κ2) is 3.09. The fourth-order valence-corrected chi connectivity index (χ4v) is 2.90. The van der Waals surface area contributed by atoms with E-state index in [2.05, 4.69) is 10.6 Å². The van der Waals surface area contributed by atoms with Crippen LogP contribution in [0.1, 0.15) is 24.5 Å². The van der Waals surface area contributed by atoms with E-state index < -0.39 is 5.54 Å². The minimum Gasteiger partial charge on any atom is -0.346 e. The molecule has 2 amide bonds. The van der Waals surface area contributed by atoms with Crippen LogP contribution in [-0.4, -0.2) is 11.8 Å². The molecule has 2 aliphatic heterocycles. The van der Waals surface area contributed by atoms with Crippen LogP contribution in [0.4, 0.5) is 5.69 Å². The molecule has 0 spiro atoms. The number of hydrogen-bond acceptors (Lipinski definition) is 2. The van der Waals surface area contributed by atoms with Crippen molar-refractivity contribution in [3.05, 3.63) is 29.3 Å². The topological polar surface area (TPSA) is 58.2 Å². The zero-order valence-corrected chi connectivity index (χ0v) is 9.83. The number of anilines is 1. The number of carbonyl (C=O) groups is 2. The molecule has 3 rings (SSSR count). The Morgan fingerprint density at radius 2 is 2.12 bits per heavy atom. The van der Waals surface area contributed by atoms with E-state index in [0.717, 1.165) is 16.8 Å². The summed E-state index contributed by atoms with van der Waals surface area (Å²) in [4.78, 5) is 23.6. The van der Waals surface area contributed by atoms with Crippen molar-refractivity contribution in [2.24, 2.45) is 5.92 Å². The molecule has 2 N–H and O–H groups in total. The highest BCUT2D eigenvalue weighted by molar-refractivity contribution is 6.02. The lowest BCUT2D eigenvalue weighted by atomic mass is 9.76. The molecule has 0 radical (unpaired) electrons. The summed E-state index contributed by atoms with van der Waals surface area (Å²) in [7, 11) is 0. The molecule has 0 bridgehead atoms. The number of amides is 2. The number of carbonyl (C=O) groups excluding carboxylic acids is 2. The van der Waals surface area contributed by atoms with E-state index in [4.69, 9.17) is 0 Å². The van der Waals surface area contributed by atoms with Crippen molar-refractivity contribution in [2.75, 3.05) is 5.32 Å². The molecule has 0 saturated carbocycles. The molecule has 2 aliphatic rings. The molecule has 2 atom stereocenters. The highest BCUT2D eigenvalue weighted by Gasteiger charge is 2.51. The van der Waals surface area contributed by atoms with E-state index in [1.807, 2.05) is 32.0 Å². The first-order chi connectivity index (χ1) is 8.02. The van der Waals surface area contributed by atoms with Crippen molar-refractivity contribution >= 4 is 17.5 Å². The van der Waals surface area contributed by atoms with Gasteiger partial charge in [-0.15, -0.1) is 0 Å².